The number of hydrogen-bond acceptors (Lipinski definition) is 4. The summed E-state index contributed by atoms with van der Waals surface area (Å²) in [5.74, 6) is -0.349. The highest BCUT2D eigenvalue weighted by molar-refractivity contribution is 9.10. The van der Waals surface area contributed by atoms with Crippen LogP contribution in [0.15, 0.2) is 63.6 Å². The molecule has 0 radical (unpaired) electrons. The molecule has 0 bridgehead atoms. The Morgan fingerprint density at radius 1 is 1.08 bits per heavy atom. The predicted molar refractivity (Wildman–Crippen MR) is 102 cm³/mol. The van der Waals surface area contributed by atoms with Crippen molar-refractivity contribution in [3.8, 4) is 11.3 Å². The number of rotatable bonds is 5. The molecule has 0 saturated carbocycles. The lowest BCUT2D eigenvalue weighted by atomic mass is 10.1. The van der Waals surface area contributed by atoms with Gasteiger partial charge in [-0.3, -0.25) is 9.59 Å². The number of amides is 2. The van der Waals surface area contributed by atoms with E-state index < -0.39 is 5.91 Å². The summed E-state index contributed by atoms with van der Waals surface area (Å²) in [4.78, 5) is 24.6. The minimum Gasteiger partial charge on any atom is -0.360 e. The maximum atomic E-state index is 12.5. The zero-order chi connectivity index (χ0) is 18.5. The second-order valence-corrected chi connectivity index (χ2v) is 6.39. The number of carbonyl (C=O) groups is 2. The molecule has 3 rings (SSSR count). The molecule has 2 N–H and O–H groups in total. The van der Waals surface area contributed by atoms with Crippen LogP contribution in [-0.2, 0) is 4.79 Å². The Morgan fingerprint density at radius 2 is 1.77 bits per heavy atom. The number of carbonyl (C=O) groups excluding carboxylic acids is 2. The first-order valence-electron chi connectivity index (χ1n) is 7.90. The van der Waals surface area contributed by atoms with E-state index in [2.05, 4.69) is 31.7 Å². The molecule has 7 heteroatoms. The Balaban J connectivity index is 1.69. The molecule has 3 aromatic rings. The zero-order valence-corrected chi connectivity index (χ0v) is 15.5. The molecule has 0 atom stereocenters. The van der Waals surface area contributed by atoms with Gasteiger partial charge >= 0.3 is 0 Å². The molecule has 0 aliphatic heterocycles. The van der Waals surface area contributed by atoms with Crippen LogP contribution in [-0.4, -0.2) is 23.5 Å². The van der Waals surface area contributed by atoms with E-state index in [4.69, 9.17) is 4.52 Å². The van der Waals surface area contributed by atoms with E-state index >= 15 is 0 Å². The third-order valence-electron chi connectivity index (χ3n) is 3.69. The largest absolute Gasteiger partial charge is 0.360 e. The van der Waals surface area contributed by atoms with E-state index in [0.29, 0.717) is 22.7 Å². The Bertz CT molecular complexity index is 938. The molecule has 6 nitrogen and oxygen atoms in total. The molecular formula is C19H16BrN3O3. The van der Waals surface area contributed by atoms with E-state index in [0.717, 1.165) is 10.0 Å². The van der Waals surface area contributed by atoms with Crippen molar-refractivity contribution in [1.82, 2.24) is 10.5 Å². The lowest BCUT2D eigenvalue weighted by Crippen LogP contribution is -2.33. The highest BCUT2D eigenvalue weighted by Gasteiger charge is 2.21. The average molecular weight is 414 g/mol. The molecule has 1 heterocycles. The van der Waals surface area contributed by atoms with Gasteiger partial charge in [-0.25, -0.2) is 0 Å². The topological polar surface area (TPSA) is 84.2 Å². The summed E-state index contributed by atoms with van der Waals surface area (Å²) < 4.78 is 5.94. The summed E-state index contributed by atoms with van der Waals surface area (Å²) in [6, 6.07) is 16.5. The first-order chi connectivity index (χ1) is 12.6. The first-order valence-corrected chi connectivity index (χ1v) is 8.70. The molecule has 0 fully saturated rings. The summed E-state index contributed by atoms with van der Waals surface area (Å²) in [7, 11) is 0. The minimum atomic E-state index is -0.412. The van der Waals surface area contributed by atoms with Crippen LogP contribution < -0.4 is 10.6 Å². The Morgan fingerprint density at radius 3 is 2.50 bits per heavy atom. The molecule has 26 heavy (non-hydrogen) atoms. The van der Waals surface area contributed by atoms with Crippen molar-refractivity contribution in [2.45, 2.75) is 6.92 Å². The van der Waals surface area contributed by atoms with Gasteiger partial charge in [-0.1, -0.05) is 47.6 Å². The smallest absolute Gasteiger partial charge is 0.257 e. The van der Waals surface area contributed by atoms with Gasteiger partial charge in [-0.2, -0.15) is 0 Å². The fraction of sp³-hybridized carbons (Fsp3) is 0.105. The van der Waals surface area contributed by atoms with E-state index in [1.807, 2.05) is 48.5 Å². The predicted octanol–water partition coefficient (Wildman–Crippen LogP) is 3.78. The van der Waals surface area contributed by atoms with Crippen molar-refractivity contribution in [3.05, 3.63) is 70.4 Å². The van der Waals surface area contributed by atoms with Gasteiger partial charge < -0.3 is 15.2 Å². The number of aromatic nitrogens is 1. The quantitative estimate of drug-likeness (QED) is 0.666. The molecule has 2 aromatic carbocycles. The Hall–Kier alpha value is -2.93. The maximum Gasteiger partial charge on any atom is 0.257 e. The van der Waals surface area contributed by atoms with Crippen LogP contribution in [0.1, 0.15) is 16.1 Å². The molecule has 2 amide bonds. The standard InChI is InChI=1S/C19H16BrN3O3/c1-12-17(18(23-26-12)13-7-3-2-4-8-13)19(25)21-11-16(24)22-15-10-6-5-9-14(15)20/h2-10H,11H2,1H3,(H,21,25)(H,22,24). The van der Waals surface area contributed by atoms with Gasteiger partial charge in [0.15, 0.2) is 0 Å². The number of para-hydroxylation sites is 1. The molecule has 0 aliphatic rings. The normalized spacial score (nSPS) is 10.4. The molecule has 1 aromatic heterocycles. The van der Waals surface area contributed by atoms with Gasteiger partial charge in [-0.05, 0) is 35.0 Å². The maximum absolute atomic E-state index is 12.5. The van der Waals surface area contributed by atoms with Crippen LogP contribution in [0.3, 0.4) is 0 Å². The van der Waals surface area contributed by atoms with Crippen LogP contribution >= 0.6 is 15.9 Å². The second kappa shape index (κ2) is 7.97. The molecule has 0 saturated heterocycles. The van der Waals surface area contributed by atoms with Crippen LogP contribution in [0, 0.1) is 6.92 Å². The third kappa shape index (κ3) is 4.00. The number of anilines is 1. The summed E-state index contributed by atoms with van der Waals surface area (Å²) in [5.41, 5.74) is 2.18. The second-order valence-electron chi connectivity index (χ2n) is 5.54. The van der Waals surface area contributed by atoms with Crippen molar-refractivity contribution in [2.24, 2.45) is 0 Å². The minimum absolute atomic E-state index is 0.168. The highest BCUT2D eigenvalue weighted by Crippen LogP contribution is 2.25. The van der Waals surface area contributed by atoms with E-state index in [9.17, 15) is 9.59 Å². The van der Waals surface area contributed by atoms with Crippen molar-refractivity contribution in [1.29, 1.82) is 0 Å². The van der Waals surface area contributed by atoms with Gasteiger partial charge in [0.2, 0.25) is 5.91 Å². The molecule has 132 valence electrons. The third-order valence-corrected chi connectivity index (χ3v) is 4.39. The summed E-state index contributed by atoms with van der Waals surface area (Å²) in [6.07, 6.45) is 0. The monoisotopic (exact) mass is 413 g/mol. The van der Waals surface area contributed by atoms with E-state index in [1.165, 1.54) is 0 Å². The van der Waals surface area contributed by atoms with Gasteiger partial charge in [-0.15, -0.1) is 0 Å². The lowest BCUT2D eigenvalue weighted by molar-refractivity contribution is -0.115. The van der Waals surface area contributed by atoms with Crippen LogP contribution in [0.5, 0.6) is 0 Å². The zero-order valence-electron chi connectivity index (χ0n) is 14.0. The lowest BCUT2D eigenvalue weighted by Gasteiger charge is -2.08. The summed E-state index contributed by atoms with van der Waals surface area (Å²) in [5, 5.41) is 9.31. The SMILES string of the molecule is Cc1onc(-c2ccccc2)c1C(=O)NCC(=O)Nc1ccccc1Br. The first kappa shape index (κ1) is 17.9. The number of hydrogen-bond donors (Lipinski definition) is 2. The number of halogens is 1. The summed E-state index contributed by atoms with van der Waals surface area (Å²) >= 11 is 3.36. The van der Waals surface area contributed by atoms with Gasteiger partial charge in [0, 0.05) is 10.0 Å². The van der Waals surface area contributed by atoms with Gasteiger partial charge in [0.25, 0.3) is 5.91 Å². The van der Waals surface area contributed by atoms with E-state index in [1.54, 1.807) is 13.0 Å². The highest BCUT2D eigenvalue weighted by atomic mass is 79.9. The number of nitrogens with one attached hydrogen (secondary N) is 2. The number of benzene rings is 2. The van der Waals surface area contributed by atoms with Gasteiger partial charge in [0.1, 0.15) is 17.0 Å². The van der Waals surface area contributed by atoms with E-state index in [-0.39, 0.29) is 12.5 Å². The average Bonchev–Trinajstić information content (AvgIpc) is 3.04. The molecule has 0 spiro atoms. The van der Waals surface area contributed by atoms with Crippen molar-refractivity contribution < 1.29 is 14.1 Å². The van der Waals surface area contributed by atoms with Crippen LogP contribution in [0.2, 0.25) is 0 Å². The fourth-order valence-corrected chi connectivity index (χ4v) is 2.82. The van der Waals surface area contributed by atoms with Gasteiger partial charge in [0.05, 0.1) is 12.2 Å². The molecule has 0 aliphatic carbocycles. The Kier molecular flexibility index (Phi) is 5.48. The number of aryl methyl sites for hydroxylation is 1. The molecular weight excluding hydrogens is 398 g/mol. The van der Waals surface area contributed by atoms with Crippen molar-refractivity contribution in [3.63, 3.8) is 0 Å². The number of nitrogens with zero attached hydrogens (tertiary/aromatic N) is 1. The Labute approximate surface area is 158 Å². The fourth-order valence-electron chi connectivity index (χ4n) is 2.44. The van der Waals surface area contributed by atoms with Crippen LogP contribution in [0.25, 0.3) is 11.3 Å². The van der Waals surface area contributed by atoms with Crippen molar-refractivity contribution in [2.75, 3.05) is 11.9 Å². The van der Waals surface area contributed by atoms with Crippen LogP contribution in [0.4, 0.5) is 5.69 Å². The summed E-state index contributed by atoms with van der Waals surface area (Å²) in [6.45, 7) is 1.49. The molecule has 0 unspecified atom stereocenters. The van der Waals surface area contributed by atoms with Crippen molar-refractivity contribution >= 4 is 33.4 Å².